The number of piperazine rings is 1. The van der Waals surface area contributed by atoms with Crippen LogP contribution in [0, 0.1) is 0 Å². The molecule has 0 spiro atoms. The van der Waals surface area contributed by atoms with E-state index in [0.29, 0.717) is 0 Å². The van der Waals surface area contributed by atoms with Gasteiger partial charge in [0.05, 0.1) is 0 Å². The van der Waals surface area contributed by atoms with Crippen molar-refractivity contribution in [2.24, 2.45) is 0 Å². The zero-order valence-electron chi connectivity index (χ0n) is 9.47. The van der Waals surface area contributed by atoms with Gasteiger partial charge in [0.25, 0.3) is 0 Å². The van der Waals surface area contributed by atoms with Gasteiger partial charge in [-0.25, -0.2) is 4.98 Å². The largest absolute Gasteiger partial charge is 0.353 e. The number of nitrogens with zero attached hydrogens (tertiary/aromatic N) is 3. The minimum absolute atomic E-state index is 0.00779. The van der Waals surface area contributed by atoms with Gasteiger partial charge in [0.15, 0.2) is 0 Å². The SMILES string of the molecule is C=CC(=O)N1CCN(c2ccc(Br)cn2)CC1. The molecule has 0 unspecified atom stereocenters. The molecule has 5 heteroatoms. The van der Waals surface area contributed by atoms with Gasteiger partial charge in [0.1, 0.15) is 5.82 Å². The molecule has 1 aliphatic heterocycles. The van der Waals surface area contributed by atoms with E-state index in [0.717, 1.165) is 36.5 Å². The first-order valence-corrected chi connectivity index (χ1v) is 6.28. The van der Waals surface area contributed by atoms with Crippen LogP contribution in [-0.4, -0.2) is 42.0 Å². The van der Waals surface area contributed by atoms with Crippen LogP contribution in [0.2, 0.25) is 0 Å². The summed E-state index contributed by atoms with van der Waals surface area (Å²) in [6, 6.07) is 3.96. The molecule has 1 aromatic rings. The molecule has 1 aromatic heterocycles. The highest BCUT2D eigenvalue weighted by molar-refractivity contribution is 9.10. The van der Waals surface area contributed by atoms with Gasteiger partial charge >= 0.3 is 0 Å². The van der Waals surface area contributed by atoms with Crippen molar-refractivity contribution in [2.45, 2.75) is 0 Å². The fourth-order valence-corrected chi connectivity index (χ4v) is 2.07. The number of halogens is 1. The smallest absolute Gasteiger partial charge is 0.246 e. The summed E-state index contributed by atoms with van der Waals surface area (Å²) in [6.45, 7) is 6.58. The number of anilines is 1. The highest BCUT2D eigenvalue weighted by Crippen LogP contribution is 2.16. The quantitative estimate of drug-likeness (QED) is 0.779. The number of aromatic nitrogens is 1. The predicted octanol–water partition coefficient (Wildman–Crippen LogP) is 1.68. The van der Waals surface area contributed by atoms with Crippen LogP contribution in [0.5, 0.6) is 0 Å². The summed E-state index contributed by atoms with van der Waals surface area (Å²) < 4.78 is 0.974. The lowest BCUT2D eigenvalue weighted by molar-refractivity contribution is -0.126. The lowest BCUT2D eigenvalue weighted by atomic mass is 10.3. The van der Waals surface area contributed by atoms with Crippen molar-refractivity contribution < 1.29 is 4.79 Å². The lowest BCUT2D eigenvalue weighted by Gasteiger charge is -2.34. The first-order chi connectivity index (χ1) is 8.20. The molecule has 0 aliphatic carbocycles. The van der Waals surface area contributed by atoms with E-state index in [9.17, 15) is 4.79 Å². The van der Waals surface area contributed by atoms with Crippen molar-refractivity contribution in [1.82, 2.24) is 9.88 Å². The van der Waals surface area contributed by atoms with E-state index in [1.807, 2.05) is 17.0 Å². The molecule has 17 heavy (non-hydrogen) atoms. The molecule has 2 heterocycles. The molecule has 4 nitrogen and oxygen atoms in total. The Morgan fingerprint density at radius 3 is 2.59 bits per heavy atom. The third-order valence-electron chi connectivity index (χ3n) is 2.80. The summed E-state index contributed by atoms with van der Waals surface area (Å²) in [5.41, 5.74) is 0. The maximum Gasteiger partial charge on any atom is 0.246 e. The van der Waals surface area contributed by atoms with Gasteiger partial charge in [0, 0.05) is 36.8 Å². The van der Waals surface area contributed by atoms with Crippen molar-refractivity contribution in [2.75, 3.05) is 31.1 Å². The van der Waals surface area contributed by atoms with Gasteiger partial charge in [-0.05, 0) is 34.1 Å². The van der Waals surface area contributed by atoms with E-state index < -0.39 is 0 Å². The van der Waals surface area contributed by atoms with Crippen molar-refractivity contribution >= 4 is 27.7 Å². The average molecular weight is 296 g/mol. The third-order valence-corrected chi connectivity index (χ3v) is 3.27. The minimum Gasteiger partial charge on any atom is -0.353 e. The second-order valence-electron chi connectivity index (χ2n) is 3.85. The molecule has 90 valence electrons. The Morgan fingerprint density at radius 2 is 2.06 bits per heavy atom. The predicted molar refractivity (Wildman–Crippen MR) is 70.9 cm³/mol. The van der Waals surface area contributed by atoms with Crippen LogP contribution in [0.3, 0.4) is 0 Å². The van der Waals surface area contributed by atoms with Crippen LogP contribution in [0.25, 0.3) is 0 Å². The minimum atomic E-state index is 0.00779. The van der Waals surface area contributed by atoms with Crippen molar-refractivity contribution in [3.8, 4) is 0 Å². The van der Waals surface area contributed by atoms with Gasteiger partial charge in [-0.1, -0.05) is 6.58 Å². The summed E-state index contributed by atoms with van der Waals surface area (Å²) in [6.07, 6.45) is 3.16. The summed E-state index contributed by atoms with van der Waals surface area (Å²) in [7, 11) is 0. The molecule has 1 aliphatic rings. The number of hydrogen-bond donors (Lipinski definition) is 0. The van der Waals surface area contributed by atoms with Crippen LogP contribution >= 0.6 is 15.9 Å². The number of carbonyl (C=O) groups excluding carboxylic acids is 1. The molecule has 1 amide bonds. The molecule has 0 radical (unpaired) electrons. The molecular weight excluding hydrogens is 282 g/mol. The summed E-state index contributed by atoms with van der Waals surface area (Å²) >= 11 is 3.36. The number of carbonyl (C=O) groups is 1. The normalized spacial score (nSPS) is 15.8. The zero-order valence-corrected chi connectivity index (χ0v) is 11.1. The zero-order chi connectivity index (χ0) is 12.3. The Labute approximate surface area is 109 Å². The van der Waals surface area contributed by atoms with Crippen LogP contribution in [0.1, 0.15) is 0 Å². The Morgan fingerprint density at radius 1 is 1.35 bits per heavy atom. The highest BCUT2D eigenvalue weighted by Gasteiger charge is 2.19. The van der Waals surface area contributed by atoms with Crippen molar-refractivity contribution in [1.29, 1.82) is 0 Å². The first-order valence-electron chi connectivity index (χ1n) is 5.48. The highest BCUT2D eigenvalue weighted by atomic mass is 79.9. The third kappa shape index (κ3) is 2.85. The average Bonchev–Trinajstić information content (AvgIpc) is 2.39. The van der Waals surface area contributed by atoms with Gasteiger partial charge in [-0.15, -0.1) is 0 Å². The Balaban J connectivity index is 1.97. The van der Waals surface area contributed by atoms with E-state index in [-0.39, 0.29) is 5.91 Å². The van der Waals surface area contributed by atoms with Crippen LogP contribution in [0.4, 0.5) is 5.82 Å². The number of hydrogen-bond acceptors (Lipinski definition) is 3. The topological polar surface area (TPSA) is 36.4 Å². The van der Waals surface area contributed by atoms with E-state index in [4.69, 9.17) is 0 Å². The molecule has 1 saturated heterocycles. The fraction of sp³-hybridized carbons (Fsp3) is 0.333. The van der Waals surface area contributed by atoms with Crippen molar-refractivity contribution in [3.63, 3.8) is 0 Å². The molecule has 0 aromatic carbocycles. The van der Waals surface area contributed by atoms with E-state index >= 15 is 0 Å². The maximum atomic E-state index is 11.4. The summed E-state index contributed by atoms with van der Waals surface area (Å²) in [4.78, 5) is 19.8. The van der Waals surface area contributed by atoms with E-state index in [1.54, 1.807) is 6.20 Å². The summed E-state index contributed by atoms with van der Waals surface area (Å²) in [5.74, 6) is 0.965. The molecule has 1 fully saturated rings. The lowest BCUT2D eigenvalue weighted by Crippen LogP contribution is -2.48. The van der Waals surface area contributed by atoms with Gasteiger partial charge in [-0.3, -0.25) is 4.79 Å². The molecule has 0 N–H and O–H groups in total. The molecule has 2 rings (SSSR count). The van der Waals surface area contributed by atoms with Gasteiger partial charge in [0.2, 0.25) is 5.91 Å². The second kappa shape index (κ2) is 5.31. The van der Waals surface area contributed by atoms with Crippen LogP contribution in [-0.2, 0) is 4.79 Å². The van der Waals surface area contributed by atoms with Crippen LogP contribution < -0.4 is 4.90 Å². The maximum absolute atomic E-state index is 11.4. The van der Waals surface area contributed by atoms with Gasteiger partial charge < -0.3 is 9.80 Å². The molecule has 0 atom stereocenters. The van der Waals surface area contributed by atoms with Crippen molar-refractivity contribution in [3.05, 3.63) is 35.5 Å². The van der Waals surface area contributed by atoms with Gasteiger partial charge in [-0.2, -0.15) is 0 Å². The number of amides is 1. The van der Waals surface area contributed by atoms with Crippen LogP contribution in [0.15, 0.2) is 35.5 Å². The molecule has 0 bridgehead atoms. The first kappa shape index (κ1) is 12.1. The monoisotopic (exact) mass is 295 g/mol. The fourth-order valence-electron chi connectivity index (χ4n) is 1.84. The second-order valence-corrected chi connectivity index (χ2v) is 4.77. The van der Waals surface area contributed by atoms with E-state index in [2.05, 4.69) is 32.4 Å². The standard InChI is InChI=1S/C12H14BrN3O/c1-2-12(17)16-7-5-15(6-8-16)11-4-3-10(13)9-14-11/h2-4,9H,1,5-8H2. The summed E-state index contributed by atoms with van der Waals surface area (Å²) in [5, 5.41) is 0. The van der Waals surface area contributed by atoms with E-state index in [1.165, 1.54) is 6.08 Å². The molecule has 0 saturated carbocycles. The molecular formula is C12H14BrN3O. The Bertz CT molecular complexity index is 410. The number of rotatable bonds is 2. The number of pyridine rings is 1. The Hall–Kier alpha value is -1.36. The Kier molecular flexibility index (Phi) is 3.78.